The Morgan fingerprint density at radius 2 is 2.10 bits per heavy atom. The summed E-state index contributed by atoms with van der Waals surface area (Å²) in [5, 5.41) is 2.80. The van der Waals surface area contributed by atoms with Gasteiger partial charge < -0.3 is 15.8 Å². The minimum Gasteiger partial charge on any atom is -0.482 e. The van der Waals surface area contributed by atoms with Crippen LogP contribution in [0.3, 0.4) is 0 Å². The van der Waals surface area contributed by atoms with E-state index < -0.39 is 0 Å². The maximum Gasteiger partial charge on any atom is 0.262 e. The summed E-state index contributed by atoms with van der Waals surface area (Å²) in [6.45, 7) is 2.09. The lowest BCUT2D eigenvalue weighted by molar-refractivity contribution is -0.118. The van der Waals surface area contributed by atoms with Crippen molar-refractivity contribution < 1.29 is 9.53 Å². The van der Waals surface area contributed by atoms with Crippen LogP contribution in [-0.2, 0) is 4.79 Å². The van der Waals surface area contributed by atoms with Crippen LogP contribution in [0.1, 0.15) is 22.7 Å². The molecule has 2 aromatic rings. The Labute approximate surface area is 131 Å². The minimum absolute atomic E-state index is 0.0597. The average Bonchev–Trinajstić information content (AvgIpc) is 2.46. The van der Waals surface area contributed by atoms with E-state index >= 15 is 0 Å². The first-order valence-electron chi connectivity index (χ1n) is 6.63. The SMILES string of the molecule is Cc1cc(Br)ccc1C(N)c1ccc2c(c1)NC(=O)CO2. The summed E-state index contributed by atoms with van der Waals surface area (Å²) in [4.78, 5) is 11.4. The fraction of sp³-hybridized carbons (Fsp3) is 0.188. The number of halogens is 1. The Kier molecular flexibility index (Phi) is 3.69. The number of aryl methyl sites for hydroxylation is 1. The van der Waals surface area contributed by atoms with Gasteiger partial charge in [0, 0.05) is 4.47 Å². The summed E-state index contributed by atoms with van der Waals surface area (Å²) in [5.74, 6) is 0.533. The number of carbonyl (C=O) groups is 1. The molecule has 0 fully saturated rings. The van der Waals surface area contributed by atoms with Crippen LogP contribution in [0.5, 0.6) is 5.75 Å². The molecular weight excluding hydrogens is 332 g/mol. The van der Waals surface area contributed by atoms with Gasteiger partial charge in [0.25, 0.3) is 5.91 Å². The van der Waals surface area contributed by atoms with Gasteiger partial charge in [-0.15, -0.1) is 0 Å². The monoisotopic (exact) mass is 346 g/mol. The van der Waals surface area contributed by atoms with E-state index in [1.165, 1.54) is 0 Å². The lowest BCUT2D eigenvalue weighted by atomic mass is 9.95. The highest BCUT2D eigenvalue weighted by Gasteiger charge is 2.19. The summed E-state index contributed by atoms with van der Waals surface area (Å²) in [6, 6.07) is 11.4. The molecule has 0 aliphatic carbocycles. The van der Waals surface area contributed by atoms with E-state index in [9.17, 15) is 4.79 Å². The smallest absolute Gasteiger partial charge is 0.262 e. The van der Waals surface area contributed by atoms with Crippen molar-refractivity contribution in [2.45, 2.75) is 13.0 Å². The molecule has 0 spiro atoms. The van der Waals surface area contributed by atoms with E-state index in [2.05, 4.69) is 21.2 Å². The van der Waals surface area contributed by atoms with Crippen molar-refractivity contribution in [1.82, 2.24) is 0 Å². The van der Waals surface area contributed by atoms with Gasteiger partial charge in [-0.05, 0) is 47.9 Å². The van der Waals surface area contributed by atoms with Gasteiger partial charge in [-0.3, -0.25) is 4.79 Å². The van der Waals surface area contributed by atoms with Crippen molar-refractivity contribution in [3.63, 3.8) is 0 Å². The van der Waals surface area contributed by atoms with E-state index in [1.54, 1.807) is 0 Å². The summed E-state index contributed by atoms with van der Waals surface area (Å²) < 4.78 is 6.39. The van der Waals surface area contributed by atoms with Crippen LogP contribution in [-0.4, -0.2) is 12.5 Å². The zero-order valence-corrected chi connectivity index (χ0v) is 13.1. The van der Waals surface area contributed by atoms with Gasteiger partial charge in [-0.2, -0.15) is 0 Å². The highest BCUT2D eigenvalue weighted by molar-refractivity contribution is 9.10. The number of anilines is 1. The number of fused-ring (bicyclic) bond motifs is 1. The van der Waals surface area contributed by atoms with Crippen molar-refractivity contribution in [2.75, 3.05) is 11.9 Å². The minimum atomic E-state index is -0.248. The molecule has 0 bridgehead atoms. The molecule has 4 nitrogen and oxygen atoms in total. The molecule has 1 unspecified atom stereocenters. The predicted octanol–water partition coefficient (Wildman–Crippen LogP) is 3.14. The van der Waals surface area contributed by atoms with Crippen LogP contribution in [0.15, 0.2) is 40.9 Å². The molecule has 0 saturated carbocycles. The van der Waals surface area contributed by atoms with Crippen molar-refractivity contribution in [2.24, 2.45) is 5.73 Å². The second kappa shape index (κ2) is 5.50. The largest absolute Gasteiger partial charge is 0.482 e. The molecule has 1 amide bonds. The number of rotatable bonds is 2. The van der Waals surface area contributed by atoms with Gasteiger partial charge in [0.2, 0.25) is 0 Å². The lowest BCUT2D eigenvalue weighted by Crippen LogP contribution is -2.25. The first-order chi connectivity index (χ1) is 10.0. The Bertz CT molecular complexity index is 715. The summed E-state index contributed by atoms with van der Waals surface area (Å²) in [7, 11) is 0. The Morgan fingerprint density at radius 1 is 1.29 bits per heavy atom. The number of carbonyl (C=O) groups excluding carboxylic acids is 1. The van der Waals surface area contributed by atoms with Crippen LogP contribution >= 0.6 is 15.9 Å². The topological polar surface area (TPSA) is 64.3 Å². The number of ether oxygens (including phenoxy) is 1. The number of nitrogens with one attached hydrogen (secondary N) is 1. The molecule has 0 saturated heterocycles. The highest BCUT2D eigenvalue weighted by Crippen LogP contribution is 2.32. The molecule has 0 radical (unpaired) electrons. The van der Waals surface area contributed by atoms with Gasteiger partial charge >= 0.3 is 0 Å². The van der Waals surface area contributed by atoms with Gasteiger partial charge in [0.05, 0.1) is 11.7 Å². The average molecular weight is 347 g/mol. The molecular formula is C16H15BrN2O2. The van der Waals surface area contributed by atoms with Gasteiger partial charge in [-0.25, -0.2) is 0 Å². The molecule has 1 aliphatic heterocycles. The highest BCUT2D eigenvalue weighted by atomic mass is 79.9. The lowest BCUT2D eigenvalue weighted by Gasteiger charge is -2.21. The van der Waals surface area contributed by atoms with Crippen LogP contribution < -0.4 is 15.8 Å². The summed E-state index contributed by atoms with van der Waals surface area (Å²) in [6.07, 6.45) is 0. The zero-order chi connectivity index (χ0) is 15.0. The fourth-order valence-corrected chi connectivity index (χ4v) is 2.94. The van der Waals surface area contributed by atoms with E-state index in [0.29, 0.717) is 11.4 Å². The summed E-state index contributed by atoms with van der Waals surface area (Å²) >= 11 is 3.45. The van der Waals surface area contributed by atoms with E-state index in [0.717, 1.165) is 21.2 Å². The van der Waals surface area contributed by atoms with Crippen LogP contribution in [0.25, 0.3) is 0 Å². The third kappa shape index (κ3) is 2.80. The maximum atomic E-state index is 11.4. The number of benzene rings is 2. The van der Waals surface area contributed by atoms with Crippen LogP contribution in [0, 0.1) is 6.92 Å². The molecule has 0 aromatic heterocycles. The number of hydrogen-bond acceptors (Lipinski definition) is 3. The van der Waals surface area contributed by atoms with Gasteiger partial charge in [-0.1, -0.05) is 28.1 Å². The van der Waals surface area contributed by atoms with Crippen molar-refractivity contribution in [3.8, 4) is 5.75 Å². The molecule has 1 heterocycles. The maximum absolute atomic E-state index is 11.4. The zero-order valence-electron chi connectivity index (χ0n) is 11.5. The summed E-state index contributed by atoms with van der Waals surface area (Å²) in [5.41, 5.74) is 10.2. The van der Waals surface area contributed by atoms with E-state index in [1.807, 2.05) is 43.3 Å². The molecule has 1 atom stereocenters. The molecule has 2 aromatic carbocycles. The molecule has 1 aliphatic rings. The number of hydrogen-bond donors (Lipinski definition) is 2. The normalized spacial score (nSPS) is 14.9. The van der Waals surface area contributed by atoms with E-state index in [-0.39, 0.29) is 18.6 Å². The van der Waals surface area contributed by atoms with Crippen molar-refractivity contribution >= 4 is 27.5 Å². The number of amides is 1. The van der Waals surface area contributed by atoms with Crippen LogP contribution in [0.2, 0.25) is 0 Å². The third-order valence-corrected chi connectivity index (χ3v) is 4.06. The fourth-order valence-electron chi connectivity index (χ4n) is 2.46. The van der Waals surface area contributed by atoms with Crippen molar-refractivity contribution in [3.05, 3.63) is 57.6 Å². The Hall–Kier alpha value is -1.85. The van der Waals surface area contributed by atoms with Crippen molar-refractivity contribution in [1.29, 1.82) is 0 Å². The van der Waals surface area contributed by atoms with Gasteiger partial charge in [0.1, 0.15) is 5.75 Å². The second-order valence-electron chi connectivity index (χ2n) is 5.07. The first kappa shape index (κ1) is 14.1. The Balaban J connectivity index is 1.96. The van der Waals surface area contributed by atoms with Gasteiger partial charge in [0.15, 0.2) is 6.61 Å². The Morgan fingerprint density at radius 3 is 2.86 bits per heavy atom. The number of nitrogens with two attached hydrogens (primary N) is 1. The standard InChI is InChI=1S/C16H15BrN2O2/c1-9-6-11(17)3-4-12(9)16(18)10-2-5-14-13(7-10)19-15(20)8-21-14/h2-7,16H,8,18H2,1H3,(H,19,20). The van der Waals surface area contributed by atoms with E-state index in [4.69, 9.17) is 10.5 Å². The quantitative estimate of drug-likeness (QED) is 0.877. The first-order valence-corrected chi connectivity index (χ1v) is 7.42. The molecule has 3 rings (SSSR count). The molecule has 108 valence electrons. The molecule has 21 heavy (non-hydrogen) atoms. The third-order valence-electron chi connectivity index (χ3n) is 3.56. The molecule has 3 N–H and O–H groups in total. The van der Waals surface area contributed by atoms with Crippen LogP contribution in [0.4, 0.5) is 5.69 Å². The second-order valence-corrected chi connectivity index (χ2v) is 5.99. The molecule has 5 heteroatoms. The predicted molar refractivity (Wildman–Crippen MR) is 85.5 cm³/mol.